The Morgan fingerprint density at radius 3 is 2.71 bits per heavy atom. The van der Waals surface area contributed by atoms with E-state index in [1.165, 1.54) is 36.7 Å². The highest BCUT2D eigenvalue weighted by atomic mass is 16.4. The first-order valence-electron chi connectivity index (χ1n) is 4.90. The Morgan fingerprint density at radius 2 is 2.12 bits per heavy atom. The number of rotatable bonds is 2. The zero-order valence-corrected chi connectivity index (χ0v) is 9.30. The fraction of sp³-hybridized carbons (Fsp3) is 0.273. The van der Waals surface area contributed by atoms with Crippen LogP contribution >= 0.6 is 0 Å². The maximum atomic E-state index is 11.3. The van der Waals surface area contributed by atoms with E-state index in [-0.39, 0.29) is 5.56 Å². The summed E-state index contributed by atoms with van der Waals surface area (Å²) in [6.45, 7) is 1.18. The number of aryl methyl sites for hydroxylation is 1. The molecule has 6 heteroatoms. The van der Waals surface area contributed by atoms with Gasteiger partial charge in [0.25, 0.3) is 0 Å². The topological polar surface area (TPSA) is 92.7 Å². The third-order valence-corrected chi connectivity index (χ3v) is 2.77. The molecule has 90 valence electrons. The molecule has 2 N–H and O–H groups in total. The molecule has 2 rings (SSSR count). The summed E-state index contributed by atoms with van der Waals surface area (Å²) in [4.78, 5) is 22.2. The highest BCUT2D eigenvalue weighted by molar-refractivity contribution is 5.81. The molecule has 0 saturated heterocycles. The van der Waals surface area contributed by atoms with Gasteiger partial charge in [-0.3, -0.25) is 4.57 Å². The van der Waals surface area contributed by atoms with Crippen molar-refractivity contribution in [3.05, 3.63) is 34.3 Å². The number of aliphatic carboxylic acids is 1. The summed E-state index contributed by atoms with van der Waals surface area (Å²) in [7, 11) is 1.51. The van der Waals surface area contributed by atoms with Crippen LogP contribution in [0.2, 0.25) is 0 Å². The quantitative estimate of drug-likeness (QED) is 0.789. The number of hydrogen-bond donors (Lipinski definition) is 2. The molecular weight excluding hydrogens is 226 g/mol. The molecule has 1 atom stereocenters. The van der Waals surface area contributed by atoms with Crippen molar-refractivity contribution >= 4 is 17.1 Å². The number of carbonyl (C=O) groups is 1. The molecule has 0 saturated carbocycles. The number of aromatic nitrogens is 1. The third-order valence-electron chi connectivity index (χ3n) is 2.77. The van der Waals surface area contributed by atoms with E-state index in [0.29, 0.717) is 11.1 Å². The van der Waals surface area contributed by atoms with E-state index in [2.05, 4.69) is 0 Å². The molecule has 0 aliphatic heterocycles. The van der Waals surface area contributed by atoms with Crippen molar-refractivity contribution in [1.29, 1.82) is 0 Å². The number of carboxylic acid groups (broad SMARTS) is 1. The van der Waals surface area contributed by atoms with Gasteiger partial charge in [0.05, 0.1) is 5.52 Å². The molecule has 0 amide bonds. The van der Waals surface area contributed by atoms with E-state index in [4.69, 9.17) is 9.52 Å². The first kappa shape index (κ1) is 11.4. The van der Waals surface area contributed by atoms with Gasteiger partial charge >= 0.3 is 11.7 Å². The maximum Gasteiger partial charge on any atom is 0.419 e. The summed E-state index contributed by atoms with van der Waals surface area (Å²) in [6, 6.07) is 4.30. The van der Waals surface area contributed by atoms with Crippen LogP contribution in [0, 0.1) is 0 Å². The Bertz CT molecular complexity index is 649. The van der Waals surface area contributed by atoms with Gasteiger partial charge in [-0.15, -0.1) is 0 Å². The standard InChI is InChI=1S/C11H11NO5/c1-11(16,9(13)14)6-3-4-8-7(5-6)12(2)10(15)17-8/h3-5,16H,1-2H3,(H,13,14). The molecule has 0 spiro atoms. The molecule has 1 aromatic carbocycles. The minimum atomic E-state index is -2.00. The normalized spacial score (nSPS) is 14.8. The third kappa shape index (κ3) is 1.62. The highest BCUT2D eigenvalue weighted by Crippen LogP contribution is 2.24. The van der Waals surface area contributed by atoms with Gasteiger partial charge in [-0.2, -0.15) is 0 Å². The van der Waals surface area contributed by atoms with Gasteiger partial charge < -0.3 is 14.6 Å². The molecule has 0 bridgehead atoms. The smallest absolute Gasteiger partial charge is 0.419 e. The Kier molecular flexibility index (Phi) is 2.32. The molecule has 1 heterocycles. The maximum absolute atomic E-state index is 11.3. The zero-order valence-electron chi connectivity index (χ0n) is 9.30. The number of aliphatic hydroxyl groups is 1. The molecule has 6 nitrogen and oxygen atoms in total. The van der Waals surface area contributed by atoms with E-state index in [9.17, 15) is 14.7 Å². The molecule has 1 unspecified atom stereocenters. The largest absolute Gasteiger partial charge is 0.479 e. The monoisotopic (exact) mass is 237 g/mol. The van der Waals surface area contributed by atoms with Crippen LogP contribution in [0.4, 0.5) is 0 Å². The Balaban J connectivity index is 2.70. The van der Waals surface area contributed by atoms with Crippen LogP contribution in [0.25, 0.3) is 11.1 Å². The summed E-state index contributed by atoms with van der Waals surface area (Å²) < 4.78 is 6.15. The minimum Gasteiger partial charge on any atom is -0.479 e. The lowest BCUT2D eigenvalue weighted by Gasteiger charge is -2.18. The second kappa shape index (κ2) is 3.46. The minimum absolute atomic E-state index is 0.189. The lowest BCUT2D eigenvalue weighted by molar-refractivity contribution is -0.157. The van der Waals surface area contributed by atoms with Gasteiger partial charge in [0.2, 0.25) is 0 Å². The first-order chi connectivity index (χ1) is 7.84. The van der Waals surface area contributed by atoms with Gasteiger partial charge in [0, 0.05) is 7.05 Å². The van der Waals surface area contributed by atoms with E-state index < -0.39 is 17.3 Å². The van der Waals surface area contributed by atoms with Crippen molar-refractivity contribution in [2.75, 3.05) is 0 Å². The SMILES string of the molecule is Cn1c(=O)oc2ccc(C(C)(O)C(=O)O)cc21. The average Bonchev–Trinajstić information content (AvgIpc) is 2.54. The predicted molar refractivity (Wildman–Crippen MR) is 58.7 cm³/mol. The second-order valence-electron chi connectivity index (χ2n) is 3.99. The molecule has 0 aliphatic rings. The first-order valence-corrected chi connectivity index (χ1v) is 4.90. The van der Waals surface area contributed by atoms with Crippen LogP contribution < -0.4 is 5.76 Å². The van der Waals surface area contributed by atoms with Gasteiger partial charge in [0.15, 0.2) is 11.2 Å². The van der Waals surface area contributed by atoms with Crippen molar-refractivity contribution in [2.45, 2.75) is 12.5 Å². The van der Waals surface area contributed by atoms with Crippen molar-refractivity contribution in [1.82, 2.24) is 4.57 Å². The molecule has 2 aromatic rings. The highest BCUT2D eigenvalue weighted by Gasteiger charge is 2.32. The summed E-state index contributed by atoms with van der Waals surface area (Å²) in [5, 5.41) is 18.7. The van der Waals surface area contributed by atoms with Crippen LogP contribution in [0.15, 0.2) is 27.4 Å². The van der Waals surface area contributed by atoms with Crippen LogP contribution in [0.3, 0.4) is 0 Å². The summed E-state index contributed by atoms with van der Waals surface area (Å²) in [5.74, 6) is -1.89. The van der Waals surface area contributed by atoms with Crippen molar-refractivity contribution < 1.29 is 19.4 Å². The Hall–Kier alpha value is -2.08. The zero-order chi connectivity index (χ0) is 12.8. The lowest BCUT2D eigenvalue weighted by atomic mass is 9.96. The van der Waals surface area contributed by atoms with Crippen molar-refractivity contribution in [2.24, 2.45) is 7.05 Å². The molecule has 1 aromatic heterocycles. The Morgan fingerprint density at radius 1 is 1.47 bits per heavy atom. The molecule has 0 radical (unpaired) electrons. The molecule has 0 fully saturated rings. The van der Waals surface area contributed by atoms with Gasteiger partial charge in [-0.25, -0.2) is 9.59 Å². The number of oxazole rings is 1. The van der Waals surface area contributed by atoms with Gasteiger partial charge in [0.1, 0.15) is 0 Å². The van der Waals surface area contributed by atoms with Crippen molar-refractivity contribution in [3.8, 4) is 0 Å². The van der Waals surface area contributed by atoms with Crippen LogP contribution in [0.5, 0.6) is 0 Å². The fourth-order valence-corrected chi connectivity index (χ4v) is 1.55. The summed E-state index contributed by atoms with van der Waals surface area (Å²) in [5.41, 5.74) is -1.02. The molecule has 17 heavy (non-hydrogen) atoms. The lowest BCUT2D eigenvalue weighted by Crippen LogP contribution is -2.31. The number of carboxylic acids is 1. The van der Waals surface area contributed by atoms with Crippen LogP contribution in [-0.2, 0) is 17.4 Å². The number of fused-ring (bicyclic) bond motifs is 1. The van der Waals surface area contributed by atoms with Crippen LogP contribution in [-0.4, -0.2) is 20.7 Å². The molecular formula is C11H11NO5. The van der Waals surface area contributed by atoms with E-state index in [1.54, 1.807) is 0 Å². The summed E-state index contributed by atoms with van der Waals surface area (Å²) >= 11 is 0. The van der Waals surface area contributed by atoms with E-state index in [1.807, 2.05) is 0 Å². The molecule has 0 aliphatic carbocycles. The average molecular weight is 237 g/mol. The number of hydrogen-bond acceptors (Lipinski definition) is 4. The van der Waals surface area contributed by atoms with E-state index >= 15 is 0 Å². The number of benzene rings is 1. The Labute approximate surface area is 95.7 Å². The fourth-order valence-electron chi connectivity index (χ4n) is 1.55. The van der Waals surface area contributed by atoms with E-state index in [0.717, 1.165) is 0 Å². The predicted octanol–water partition coefficient (Wildman–Crippen LogP) is 0.424. The number of nitrogens with zero attached hydrogens (tertiary/aromatic N) is 1. The van der Waals surface area contributed by atoms with Crippen molar-refractivity contribution in [3.63, 3.8) is 0 Å². The second-order valence-corrected chi connectivity index (χ2v) is 3.99. The van der Waals surface area contributed by atoms with Crippen LogP contribution in [0.1, 0.15) is 12.5 Å². The summed E-state index contributed by atoms with van der Waals surface area (Å²) in [6.07, 6.45) is 0. The van der Waals surface area contributed by atoms with Gasteiger partial charge in [-0.05, 0) is 24.6 Å². The van der Waals surface area contributed by atoms with Gasteiger partial charge in [-0.1, -0.05) is 6.07 Å².